The van der Waals surface area contributed by atoms with Gasteiger partial charge in [0.2, 0.25) is 0 Å². The number of nitrogens with two attached hydrogens (primary N) is 1. The molecule has 0 radical (unpaired) electrons. The summed E-state index contributed by atoms with van der Waals surface area (Å²) in [4.78, 5) is 5.14. The first-order valence-corrected chi connectivity index (χ1v) is 7.15. The summed E-state index contributed by atoms with van der Waals surface area (Å²) in [5.74, 6) is 0.815. The van der Waals surface area contributed by atoms with Crippen LogP contribution in [0.1, 0.15) is 11.3 Å². The number of halogens is 2. The zero-order chi connectivity index (χ0) is 13.0. The monoisotopic (exact) mass is 298 g/mol. The lowest BCUT2D eigenvalue weighted by Crippen LogP contribution is -1.99. The molecular weight excluding hydrogens is 287 g/mol. The molecule has 0 fully saturated rings. The van der Waals surface area contributed by atoms with Gasteiger partial charge in [0, 0.05) is 28.4 Å². The fourth-order valence-electron chi connectivity index (χ4n) is 1.48. The third-order valence-electron chi connectivity index (χ3n) is 2.38. The number of aromatic nitrogens is 1. The molecule has 0 atom stereocenters. The van der Waals surface area contributed by atoms with E-state index in [-0.39, 0.29) is 0 Å². The van der Waals surface area contributed by atoms with Crippen molar-refractivity contribution in [3.8, 4) is 0 Å². The second-order valence-electron chi connectivity index (χ2n) is 3.72. The molecule has 5 heteroatoms. The predicted molar refractivity (Wildman–Crippen MR) is 78.2 cm³/mol. The molecular formula is C13H12Cl2N2S. The summed E-state index contributed by atoms with van der Waals surface area (Å²) in [6, 6.07) is 9.45. The van der Waals surface area contributed by atoms with Crippen LogP contribution in [0.25, 0.3) is 0 Å². The normalized spacial score (nSPS) is 10.6. The first-order valence-electron chi connectivity index (χ1n) is 5.41. The summed E-state index contributed by atoms with van der Waals surface area (Å²) in [6.45, 7) is 0.455. The second-order valence-corrected chi connectivity index (χ2v) is 5.58. The first-order chi connectivity index (χ1) is 8.69. The Bertz CT molecular complexity index is 546. The molecule has 0 saturated heterocycles. The van der Waals surface area contributed by atoms with Crippen molar-refractivity contribution in [3.05, 3.63) is 57.8 Å². The number of benzene rings is 1. The summed E-state index contributed by atoms with van der Waals surface area (Å²) in [6.07, 6.45) is 1.78. The number of pyridine rings is 1. The Morgan fingerprint density at radius 2 is 2.00 bits per heavy atom. The van der Waals surface area contributed by atoms with E-state index in [0.717, 1.165) is 21.4 Å². The highest BCUT2D eigenvalue weighted by atomic mass is 35.5. The van der Waals surface area contributed by atoms with E-state index < -0.39 is 0 Å². The van der Waals surface area contributed by atoms with Gasteiger partial charge in [0.25, 0.3) is 0 Å². The minimum Gasteiger partial charge on any atom is -0.325 e. The Morgan fingerprint density at radius 3 is 2.78 bits per heavy atom. The molecule has 0 aliphatic rings. The minimum atomic E-state index is 0.455. The highest BCUT2D eigenvalue weighted by Gasteiger charge is 2.03. The summed E-state index contributed by atoms with van der Waals surface area (Å²) in [5, 5.41) is 1.41. The molecule has 0 aliphatic heterocycles. The SMILES string of the molecule is NCc1cc(CSc2cc(Cl)ccc2Cl)ccn1. The van der Waals surface area contributed by atoms with Gasteiger partial charge in [-0.1, -0.05) is 23.2 Å². The zero-order valence-electron chi connectivity index (χ0n) is 9.57. The topological polar surface area (TPSA) is 38.9 Å². The van der Waals surface area contributed by atoms with Crippen molar-refractivity contribution in [1.82, 2.24) is 4.98 Å². The molecule has 1 aromatic heterocycles. The van der Waals surface area contributed by atoms with Crippen LogP contribution >= 0.6 is 35.0 Å². The molecule has 18 heavy (non-hydrogen) atoms. The Balaban J connectivity index is 2.08. The maximum atomic E-state index is 6.11. The number of hydrogen-bond donors (Lipinski definition) is 1. The van der Waals surface area contributed by atoms with Crippen LogP contribution in [0.5, 0.6) is 0 Å². The molecule has 0 unspecified atom stereocenters. The third-order valence-corrected chi connectivity index (χ3v) is 4.18. The van der Waals surface area contributed by atoms with Gasteiger partial charge in [-0.25, -0.2) is 0 Å². The van der Waals surface area contributed by atoms with Gasteiger partial charge < -0.3 is 5.73 Å². The van der Waals surface area contributed by atoms with Gasteiger partial charge in [0.1, 0.15) is 0 Å². The largest absolute Gasteiger partial charge is 0.325 e. The molecule has 2 N–H and O–H groups in total. The van der Waals surface area contributed by atoms with Crippen molar-refractivity contribution in [3.63, 3.8) is 0 Å². The second kappa shape index (κ2) is 6.43. The van der Waals surface area contributed by atoms with E-state index in [1.165, 1.54) is 5.56 Å². The van der Waals surface area contributed by atoms with Gasteiger partial charge in [-0.3, -0.25) is 4.98 Å². The first kappa shape index (κ1) is 13.7. The zero-order valence-corrected chi connectivity index (χ0v) is 11.9. The van der Waals surface area contributed by atoms with Gasteiger partial charge in [0.15, 0.2) is 0 Å². The van der Waals surface area contributed by atoms with Gasteiger partial charge in [-0.15, -0.1) is 11.8 Å². The Morgan fingerprint density at radius 1 is 1.17 bits per heavy atom. The molecule has 0 spiro atoms. The van der Waals surface area contributed by atoms with Crippen LogP contribution < -0.4 is 5.73 Å². The summed E-state index contributed by atoms with van der Waals surface area (Å²) in [7, 11) is 0. The molecule has 94 valence electrons. The summed E-state index contributed by atoms with van der Waals surface area (Å²) < 4.78 is 0. The van der Waals surface area contributed by atoms with Crippen molar-refractivity contribution in [1.29, 1.82) is 0 Å². The Labute approximate surface area is 121 Å². The van der Waals surface area contributed by atoms with E-state index in [2.05, 4.69) is 4.98 Å². The number of nitrogens with zero attached hydrogens (tertiary/aromatic N) is 1. The lowest BCUT2D eigenvalue weighted by molar-refractivity contribution is 0.983. The fourth-order valence-corrected chi connectivity index (χ4v) is 2.91. The van der Waals surface area contributed by atoms with Crippen molar-refractivity contribution in [2.24, 2.45) is 5.73 Å². The number of hydrogen-bond acceptors (Lipinski definition) is 3. The minimum absolute atomic E-state index is 0.455. The lowest BCUT2D eigenvalue weighted by atomic mass is 10.2. The molecule has 2 rings (SSSR count). The van der Waals surface area contributed by atoms with Crippen LogP contribution in [0.15, 0.2) is 41.4 Å². The van der Waals surface area contributed by atoms with Gasteiger partial charge in [-0.2, -0.15) is 0 Å². The molecule has 0 saturated carbocycles. The van der Waals surface area contributed by atoms with E-state index in [0.29, 0.717) is 11.6 Å². The van der Waals surface area contributed by atoms with Crippen molar-refractivity contribution in [2.45, 2.75) is 17.2 Å². The van der Waals surface area contributed by atoms with Crippen LogP contribution in [-0.4, -0.2) is 4.98 Å². The average Bonchev–Trinajstić information content (AvgIpc) is 2.40. The van der Waals surface area contributed by atoms with Crippen LogP contribution in [-0.2, 0) is 12.3 Å². The Hall–Kier alpha value is -0.740. The van der Waals surface area contributed by atoms with Gasteiger partial charge in [-0.05, 0) is 35.9 Å². The third kappa shape index (κ3) is 3.62. The number of thioether (sulfide) groups is 1. The van der Waals surface area contributed by atoms with E-state index in [9.17, 15) is 0 Å². The van der Waals surface area contributed by atoms with Gasteiger partial charge >= 0.3 is 0 Å². The average molecular weight is 299 g/mol. The fraction of sp³-hybridized carbons (Fsp3) is 0.154. The number of rotatable bonds is 4. The molecule has 2 nitrogen and oxygen atoms in total. The Kier molecular flexibility index (Phi) is 4.89. The van der Waals surface area contributed by atoms with Crippen LogP contribution in [0.4, 0.5) is 0 Å². The van der Waals surface area contributed by atoms with E-state index >= 15 is 0 Å². The van der Waals surface area contributed by atoms with E-state index in [1.54, 1.807) is 24.0 Å². The standard InChI is InChI=1S/C13H12Cl2N2S/c14-10-1-2-12(15)13(6-10)18-8-9-3-4-17-11(5-9)7-16/h1-6H,7-8,16H2. The quantitative estimate of drug-likeness (QED) is 0.862. The molecule has 2 aromatic rings. The van der Waals surface area contributed by atoms with E-state index in [1.807, 2.05) is 24.3 Å². The van der Waals surface area contributed by atoms with Crippen LogP contribution in [0, 0.1) is 0 Å². The molecule has 1 heterocycles. The highest BCUT2D eigenvalue weighted by molar-refractivity contribution is 7.98. The van der Waals surface area contributed by atoms with Crippen molar-refractivity contribution < 1.29 is 0 Å². The summed E-state index contributed by atoms with van der Waals surface area (Å²) in [5.41, 5.74) is 7.63. The molecule has 0 amide bonds. The predicted octanol–water partition coefficient (Wildman–Crippen LogP) is 4.14. The van der Waals surface area contributed by atoms with Crippen molar-refractivity contribution >= 4 is 35.0 Å². The van der Waals surface area contributed by atoms with Crippen LogP contribution in [0.2, 0.25) is 10.0 Å². The molecule has 0 bridgehead atoms. The van der Waals surface area contributed by atoms with Gasteiger partial charge in [0.05, 0.1) is 10.7 Å². The maximum absolute atomic E-state index is 6.11. The lowest BCUT2D eigenvalue weighted by Gasteiger charge is -2.06. The maximum Gasteiger partial charge on any atom is 0.0543 e. The summed E-state index contributed by atoms with van der Waals surface area (Å²) >= 11 is 13.7. The molecule has 0 aliphatic carbocycles. The van der Waals surface area contributed by atoms with Crippen LogP contribution in [0.3, 0.4) is 0 Å². The van der Waals surface area contributed by atoms with E-state index in [4.69, 9.17) is 28.9 Å². The smallest absolute Gasteiger partial charge is 0.0543 e. The van der Waals surface area contributed by atoms with Crippen molar-refractivity contribution in [2.75, 3.05) is 0 Å². The highest BCUT2D eigenvalue weighted by Crippen LogP contribution is 2.31. The molecule has 1 aromatic carbocycles.